The monoisotopic (exact) mass is 307 g/mol. The predicted molar refractivity (Wildman–Crippen MR) is 77.3 cm³/mol. The zero-order chi connectivity index (χ0) is 15.0. The minimum absolute atomic E-state index is 0.120. The van der Waals surface area contributed by atoms with Crippen LogP contribution in [0.1, 0.15) is 17.0 Å². The van der Waals surface area contributed by atoms with E-state index in [9.17, 15) is 8.78 Å². The Morgan fingerprint density at radius 3 is 2.81 bits per heavy atom. The molecule has 2 aromatic heterocycles. The lowest BCUT2D eigenvalue weighted by Crippen LogP contribution is -2.05. The van der Waals surface area contributed by atoms with Crippen LogP contribution < -0.4 is 0 Å². The average Bonchev–Trinajstić information content (AvgIpc) is 2.80. The van der Waals surface area contributed by atoms with Crippen molar-refractivity contribution in [2.45, 2.75) is 19.3 Å². The SMILES string of the molecule is Cc1ccncc1Cn1c(CCl)nc2c(F)cc(F)cc21. The number of alkyl halides is 1. The van der Waals surface area contributed by atoms with E-state index in [-0.39, 0.29) is 11.4 Å². The number of pyridine rings is 1. The maximum atomic E-state index is 13.8. The second-order valence-electron chi connectivity index (χ2n) is 4.81. The molecule has 0 aliphatic carbocycles. The number of nitrogens with zero attached hydrogens (tertiary/aromatic N) is 3. The van der Waals surface area contributed by atoms with Crippen LogP contribution >= 0.6 is 11.6 Å². The Kier molecular flexibility index (Phi) is 3.59. The number of aryl methyl sites for hydroxylation is 1. The minimum Gasteiger partial charge on any atom is -0.322 e. The van der Waals surface area contributed by atoms with Crippen molar-refractivity contribution >= 4 is 22.6 Å². The van der Waals surface area contributed by atoms with E-state index in [1.807, 2.05) is 13.0 Å². The maximum Gasteiger partial charge on any atom is 0.153 e. The van der Waals surface area contributed by atoms with Crippen LogP contribution in [0.2, 0.25) is 0 Å². The lowest BCUT2D eigenvalue weighted by Gasteiger charge is -2.10. The van der Waals surface area contributed by atoms with Crippen LogP contribution in [0.4, 0.5) is 8.78 Å². The van der Waals surface area contributed by atoms with Gasteiger partial charge >= 0.3 is 0 Å². The third-order valence-electron chi connectivity index (χ3n) is 3.45. The Hall–Kier alpha value is -2.01. The van der Waals surface area contributed by atoms with Crippen molar-refractivity contribution in [3.8, 4) is 0 Å². The molecule has 0 aliphatic rings. The molecule has 0 spiro atoms. The summed E-state index contributed by atoms with van der Waals surface area (Å²) in [4.78, 5) is 8.25. The van der Waals surface area contributed by atoms with Gasteiger partial charge in [-0.2, -0.15) is 0 Å². The van der Waals surface area contributed by atoms with Gasteiger partial charge in [-0.1, -0.05) is 0 Å². The van der Waals surface area contributed by atoms with Gasteiger partial charge < -0.3 is 4.57 Å². The van der Waals surface area contributed by atoms with E-state index in [1.165, 1.54) is 6.07 Å². The molecule has 3 aromatic rings. The molecule has 0 N–H and O–H groups in total. The van der Waals surface area contributed by atoms with Gasteiger partial charge in [-0.15, -0.1) is 11.6 Å². The summed E-state index contributed by atoms with van der Waals surface area (Å²) in [5.41, 5.74) is 2.53. The van der Waals surface area contributed by atoms with E-state index in [1.54, 1.807) is 17.0 Å². The first-order valence-corrected chi connectivity index (χ1v) is 6.93. The van der Waals surface area contributed by atoms with Crippen LogP contribution in [0.25, 0.3) is 11.0 Å². The number of imidazole rings is 1. The Morgan fingerprint density at radius 2 is 2.10 bits per heavy atom. The van der Waals surface area contributed by atoms with E-state index in [2.05, 4.69) is 9.97 Å². The highest BCUT2D eigenvalue weighted by Crippen LogP contribution is 2.23. The predicted octanol–water partition coefficient (Wildman–Crippen LogP) is 3.81. The highest BCUT2D eigenvalue weighted by Gasteiger charge is 2.15. The standard InChI is InChI=1S/C15H12ClF2N3/c1-9-2-3-19-7-10(9)8-21-13-5-11(17)4-12(18)15(13)20-14(21)6-16/h2-5,7H,6,8H2,1H3. The van der Waals surface area contributed by atoms with Gasteiger partial charge in [-0.25, -0.2) is 13.8 Å². The van der Waals surface area contributed by atoms with Crippen LogP contribution in [-0.2, 0) is 12.4 Å². The zero-order valence-electron chi connectivity index (χ0n) is 11.3. The second-order valence-corrected chi connectivity index (χ2v) is 5.07. The summed E-state index contributed by atoms with van der Waals surface area (Å²) in [7, 11) is 0. The van der Waals surface area contributed by atoms with Crippen molar-refractivity contribution < 1.29 is 8.78 Å². The lowest BCUT2D eigenvalue weighted by atomic mass is 10.1. The number of hydrogen-bond donors (Lipinski definition) is 0. The lowest BCUT2D eigenvalue weighted by molar-refractivity contribution is 0.590. The number of fused-ring (bicyclic) bond motifs is 1. The third kappa shape index (κ3) is 2.49. The van der Waals surface area contributed by atoms with Crippen molar-refractivity contribution in [1.29, 1.82) is 0 Å². The van der Waals surface area contributed by atoms with E-state index in [0.29, 0.717) is 17.9 Å². The van der Waals surface area contributed by atoms with Gasteiger partial charge in [0.15, 0.2) is 5.82 Å². The number of rotatable bonds is 3. The maximum absolute atomic E-state index is 13.8. The molecule has 1 aromatic carbocycles. The molecule has 108 valence electrons. The van der Waals surface area contributed by atoms with Crippen molar-refractivity contribution in [3.05, 3.63) is 59.2 Å². The Bertz CT molecular complexity index is 814. The summed E-state index contributed by atoms with van der Waals surface area (Å²) in [6.45, 7) is 2.37. The van der Waals surface area contributed by atoms with E-state index >= 15 is 0 Å². The summed E-state index contributed by atoms with van der Waals surface area (Å²) >= 11 is 5.89. The molecular weight excluding hydrogens is 296 g/mol. The molecule has 3 nitrogen and oxygen atoms in total. The smallest absolute Gasteiger partial charge is 0.153 e. The van der Waals surface area contributed by atoms with Gasteiger partial charge in [0.2, 0.25) is 0 Å². The van der Waals surface area contributed by atoms with Crippen LogP contribution in [0.5, 0.6) is 0 Å². The Labute approximate surface area is 125 Å². The molecule has 2 heterocycles. The van der Waals surface area contributed by atoms with Crippen molar-refractivity contribution in [3.63, 3.8) is 0 Å². The molecule has 0 amide bonds. The highest BCUT2D eigenvalue weighted by atomic mass is 35.5. The average molecular weight is 308 g/mol. The van der Waals surface area contributed by atoms with Crippen molar-refractivity contribution in [2.75, 3.05) is 0 Å². The molecule has 6 heteroatoms. The molecule has 0 fully saturated rings. The summed E-state index contributed by atoms with van der Waals surface area (Å²) in [5, 5.41) is 0. The van der Waals surface area contributed by atoms with Crippen molar-refractivity contribution in [1.82, 2.24) is 14.5 Å². The van der Waals surface area contributed by atoms with Crippen LogP contribution in [0.3, 0.4) is 0 Å². The third-order valence-corrected chi connectivity index (χ3v) is 3.69. The number of halogens is 3. The van der Waals surface area contributed by atoms with E-state index < -0.39 is 11.6 Å². The van der Waals surface area contributed by atoms with Gasteiger partial charge in [0.1, 0.15) is 17.2 Å². The largest absolute Gasteiger partial charge is 0.322 e. The molecular formula is C15H12ClF2N3. The fourth-order valence-electron chi connectivity index (χ4n) is 2.31. The summed E-state index contributed by atoms with van der Waals surface area (Å²) in [6, 6.07) is 3.98. The minimum atomic E-state index is -0.682. The van der Waals surface area contributed by atoms with Crippen LogP contribution in [-0.4, -0.2) is 14.5 Å². The molecule has 3 rings (SSSR count). The van der Waals surface area contributed by atoms with Crippen molar-refractivity contribution in [2.24, 2.45) is 0 Å². The van der Waals surface area contributed by atoms with Crippen LogP contribution in [0, 0.1) is 18.6 Å². The molecule has 0 aliphatic heterocycles. The summed E-state index contributed by atoms with van der Waals surface area (Å²) < 4.78 is 29.0. The van der Waals surface area contributed by atoms with Gasteiger partial charge in [0, 0.05) is 18.5 Å². The molecule has 0 unspecified atom stereocenters. The second kappa shape index (κ2) is 5.41. The highest BCUT2D eigenvalue weighted by molar-refractivity contribution is 6.16. The summed E-state index contributed by atoms with van der Waals surface area (Å²) in [5.74, 6) is -0.697. The fraction of sp³-hybridized carbons (Fsp3) is 0.200. The molecule has 0 radical (unpaired) electrons. The van der Waals surface area contributed by atoms with Gasteiger partial charge in [-0.3, -0.25) is 4.98 Å². The van der Waals surface area contributed by atoms with Gasteiger partial charge in [0.25, 0.3) is 0 Å². The Balaban J connectivity index is 2.19. The number of benzene rings is 1. The first-order chi connectivity index (χ1) is 10.1. The van der Waals surface area contributed by atoms with Crippen LogP contribution in [0.15, 0.2) is 30.6 Å². The molecule has 0 saturated carbocycles. The van der Waals surface area contributed by atoms with E-state index in [0.717, 1.165) is 17.2 Å². The van der Waals surface area contributed by atoms with E-state index in [4.69, 9.17) is 11.6 Å². The normalized spacial score (nSPS) is 11.2. The first-order valence-electron chi connectivity index (χ1n) is 6.39. The summed E-state index contributed by atoms with van der Waals surface area (Å²) in [6.07, 6.45) is 3.43. The topological polar surface area (TPSA) is 30.7 Å². The Morgan fingerprint density at radius 1 is 1.29 bits per heavy atom. The molecule has 0 saturated heterocycles. The quantitative estimate of drug-likeness (QED) is 0.689. The molecule has 0 bridgehead atoms. The first kappa shape index (κ1) is 13.9. The van der Waals surface area contributed by atoms with Gasteiger partial charge in [0.05, 0.1) is 17.9 Å². The number of hydrogen-bond acceptors (Lipinski definition) is 2. The number of aromatic nitrogens is 3. The van der Waals surface area contributed by atoms with Gasteiger partial charge in [-0.05, 0) is 30.2 Å². The molecule has 0 atom stereocenters. The fourth-order valence-corrected chi connectivity index (χ4v) is 2.51. The zero-order valence-corrected chi connectivity index (χ0v) is 12.0. The molecule has 21 heavy (non-hydrogen) atoms.